The molecule has 33 heavy (non-hydrogen) atoms. The Kier molecular flexibility index (Phi) is 5.14. The number of rotatable bonds is 3. The lowest BCUT2D eigenvalue weighted by Crippen LogP contribution is -2.52. The maximum atomic E-state index is 12.3. The number of hydrogen-bond donors (Lipinski definition) is 0. The molecule has 1 aliphatic heterocycles. The summed E-state index contributed by atoms with van der Waals surface area (Å²) >= 11 is 0. The molecule has 6 rings (SSSR count). The Hall–Kier alpha value is -1.87. The maximum absolute atomic E-state index is 12.3. The van der Waals surface area contributed by atoms with Gasteiger partial charge in [0, 0.05) is 44.1 Å². The third-order valence-electron chi connectivity index (χ3n) is 10.3. The molecule has 3 nitrogen and oxygen atoms in total. The number of carbonyl (C=O) groups excluding carboxylic acids is 1. The molecule has 5 aliphatic rings. The minimum Gasteiger partial charge on any atom is -0.378 e. The lowest BCUT2D eigenvalue weighted by Gasteiger charge is -2.56. The number of ketones is 1. The van der Waals surface area contributed by atoms with Crippen molar-refractivity contribution in [3.63, 3.8) is 0 Å². The number of anilines is 1. The summed E-state index contributed by atoms with van der Waals surface area (Å²) in [5.41, 5.74) is 7.75. The van der Waals surface area contributed by atoms with Crippen LogP contribution in [0, 0.1) is 17.3 Å². The van der Waals surface area contributed by atoms with Gasteiger partial charge >= 0.3 is 0 Å². The number of fused-ring (bicyclic) bond motifs is 5. The molecule has 176 valence electrons. The predicted octanol–water partition coefficient (Wildman–Crippen LogP) is 6.59. The molecule has 1 aromatic carbocycles. The van der Waals surface area contributed by atoms with E-state index in [1.165, 1.54) is 61.8 Å². The number of nitrogens with zero attached hydrogens (tertiary/aromatic N) is 1. The molecule has 1 saturated heterocycles. The zero-order chi connectivity index (χ0) is 22.8. The molecule has 0 N–H and O–H groups in total. The molecule has 1 spiro atoms. The van der Waals surface area contributed by atoms with Gasteiger partial charge in [0.05, 0.1) is 5.60 Å². The fourth-order valence-corrected chi connectivity index (χ4v) is 8.86. The van der Waals surface area contributed by atoms with Gasteiger partial charge in [0.1, 0.15) is 0 Å². The highest BCUT2D eigenvalue weighted by Crippen LogP contribution is 2.70. The van der Waals surface area contributed by atoms with Crippen LogP contribution in [0.4, 0.5) is 5.69 Å². The quantitative estimate of drug-likeness (QED) is 0.525. The lowest BCUT2D eigenvalue weighted by atomic mass is 9.49. The zero-order valence-corrected chi connectivity index (χ0v) is 20.7. The van der Waals surface area contributed by atoms with E-state index in [-0.39, 0.29) is 11.0 Å². The van der Waals surface area contributed by atoms with Gasteiger partial charge in [-0.15, -0.1) is 0 Å². The smallest absolute Gasteiger partial charge is 0.156 e. The summed E-state index contributed by atoms with van der Waals surface area (Å²) in [4.78, 5) is 14.4. The van der Waals surface area contributed by atoms with Crippen LogP contribution in [0.3, 0.4) is 0 Å². The third-order valence-corrected chi connectivity index (χ3v) is 10.3. The number of carbonyl (C=O) groups is 1. The van der Waals surface area contributed by atoms with Crippen LogP contribution >= 0.6 is 0 Å². The van der Waals surface area contributed by atoms with Crippen LogP contribution in [0.15, 0.2) is 47.1 Å². The van der Waals surface area contributed by atoms with Gasteiger partial charge in [-0.1, -0.05) is 24.6 Å². The Bertz CT molecular complexity index is 1010. The summed E-state index contributed by atoms with van der Waals surface area (Å²) < 4.78 is 6.72. The molecule has 0 aromatic heterocycles. The fourth-order valence-electron chi connectivity index (χ4n) is 8.86. The maximum Gasteiger partial charge on any atom is 0.156 e. The molecule has 4 aliphatic carbocycles. The SMILES string of the molecule is CC[C@]12C[C@H](c3ccc(N(C)C)cc3)C3=C4CCC(=O)C=C4CC[C@H]3[C@H]1CC[C@]21CCCO1. The molecule has 0 radical (unpaired) electrons. The first kappa shape index (κ1) is 21.6. The fraction of sp³-hybridized carbons (Fsp3) is 0.633. The van der Waals surface area contributed by atoms with Crippen molar-refractivity contribution in [3.05, 3.63) is 52.6 Å². The van der Waals surface area contributed by atoms with Crippen molar-refractivity contribution in [3.8, 4) is 0 Å². The molecule has 0 bridgehead atoms. The van der Waals surface area contributed by atoms with E-state index >= 15 is 0 Å². The summed E-state index contributed by atoms with van der Waals surface area (Å²) in [5, 5.41) is 0. The summed E-state index contributed by atoms with van der Waals surface area (Å²) in [6, 6.07) is 9.36. The van der Waals surface area contributed by atoms with E-state index in [4.69, 9.17) is 4.74 Å². The van der Waals surface area contributed by atoms with E-state index in [0.717, 1.165) is 25.4 Å². The zero-order valence-electron chi connectivity index (χ0n) is 20.7. The highest BCUT2D eigenvalue weighted by atomic mass is 16.5. The Morgan fingerprint density at radius 1 is 1.06 bits per heavy atom. The average molecular weight is 446 g/mol. The minimum atomic E-state index is 0.100. The van der Waals surface area contributed by atoms with Gasteiger partial charge in [0.25, 0.3) is 0 Å². The van der Waals surface area contributed by atoms with Gasteiger partial charge in [-0.05, 0) is 105 Å². The summed E-state index contributed by atoms with van der Waals surface area (Å²) in [6.45, 7) is 3.39. The molecule has 0 unspecified atom stereocenters. The van der Waals surface area contributed by atoms with Crippen LogP contribution in [0.25, 0.3) is 0 Å². The van der Waals surface area contributed by atoms with Gasteiger partial charge in [0.2, 0.25) is 0 Å². The third kappa shape index (κ3) is 3.07. The van der Waals surface area contributed by atoms with Crippen LogP contribution in [0.1, 0.15) is 82.6 Å². The first-order chi connectivity index (χ1) is 16.0. The van der Waals surface area contributed by atoms with Gasteiger partial charge in [-0.2, -0.15) is 0 Å². The van der Waals surface area contributed by atoms with E-state index in [9.17, 15) is 4.79 Å². The van der Waals surface area contributed by atoms with E-state index in [1.807, 2.05) is 6.08 Å². The van der Waals surface area contributed by atoms with Gasteiger partial charge in [0.15, 0.2) is 5.78 Å². The van der Waals surface area contributed by atoms with Crippen LogP contribution in [-0.4, -0.2) is 32.1 Å². The first-order valence-electron chi connectivity index (χ1n) is 13.4. The van der Waals surface area contributed by atoms with Crippen molar-refractivity contribution < 1.29 is 9.53 Å². The highest BCUT2D eigenvalue weighted by Gasteiger charge is 2.65. The van der Waals surface area contributed by atoms with E-state index in [2.05, 4.69) is 50.2 Å². The second-order valence-electron chi connectivity index (χ2n) is 11.6. The van der Waals surface area contributed by atoms with Crippen LogP contribution in [0.5, 0.6) is 0 Å². The average Bonchev–Trinajstić information content (AvgIpc) is 3.44. The van der Waals surface area contributed by atoms with Crippen molar-refractivity contribution in [2.24, 2.45) is 17.3 Å². The van der Waals surface area contributed by atoms with E-state index in [0.29, 0.717) is 24.0 Å². The number of ether oxygens (including phenoxy) is 1. The predicted molar refractivity (Wildman–Crippen MR) is 134 cm³/mol. The molecule has 0 amide bonds. The highest BCUT2D eigenvalue weighted by molar-refractivity contribution is 5.93. The monoisotopic (exact) mass is 445 g/mol. The first-order valence-corrected chi connectivity index (χ1v) is 13.4. The molecule has 3 fully saturated rings. The van der Waals surface area contributed by atoms with Crippen molar-refractivity contribution in [1.82, 2.24) is 0 Å². The Morgan fingerprint density at radius 3 is 2.58 bits per heavy atom. The van der Waals surface area contributed by atoms with Crippen molar-refractivity contribution >= 4 is 11.5 Å². The molecular weight excluding hydrogens is 406 g/mol. The minimum absolute atomic E-state index is 0.100. The molecule has 1 aromatic rings. The molecule has 3 heteroatoms. The topological polar surface area (TPSA) is 29.5 Å². The number of benzene rings is 1. The van der Waals surface area contributed by atoms with Crippen LogP contribution in [0.2, 0.25) is 0 Å². The van der Waals surface area contributed by atoms with Gasteiger partial charge in [-0.3, -0.25) is 4.79 Å². The largest absolute Gasteiger partial charge is 0.378 e. The van der Waals surface area contributed by atoms with Crippen molar-refractivity contribution in [1.29, 1.82) is 0 Å². The summed E-state index contributed by atoms with van der Waals surface area (Å²) in [7, 11) is 4.23. The molecule has 2 saturated carbocycles. The second kappa shape index (κ2) is 7.83. The Balaban J connectivity index is 1.51. The van der Waals surface area contributed by atoms with E-state index < -0.39 is 0 Å². The normalized spacial score (nSPS) is 37.6. The van der Waals surface area contributed by atoms with Crippen LogP contribution < -0.4 is 4.90 Å². The number of hydrogen-bond acceptors (Lipinski definition) is 3. The van der Waals surface area contributed by atoms with Crippen molar-refractivity contribution in [2.75, 3.05) is 25.6 Å². The molecular formula is C30H39NO2. The Labute approximate surface area is 199 Å². The lowest BCUT2D eigenvalue weighted by molar-refractivity contribution is -0.118. The van der Waals surface area contributed by atoms with Crippen molar-refractivity contribution in [2.45, 2.75) is 82.7 Å². The second-order valence-corrected chi connectivity index (χ2v) is 11.6. The van der Waals surface area contributed by atoms with E-state index in [1.54, 1.807) is 11.1 Å². The standard InChI is InChI=1S/C30H39NO2/c1-4-29-19-26(20-6-9-22(10-7-20)31(2)3)28-24-13-11-23(32)18-21(24)8-12-25(28)27(29)14-16-30(29)15-5-17-33-30/h6-7,9-10,18,25-27H,4-5,8,11-17,19H2,1-3H3/t25-,26+,27+,29-,30+/m0/s1. The summed E-state index contributed by atoms with van der Waals surface area (Å²) in [5.74, 6) is 2.17. The Morgan fingerprint density at radius 2 is 1.88 bits per heavy atom. The molecule has 5 atom stereocenters. The summed E-state index contributed by atoms with van der Waals surface area (Å²) in [6.07, 6.45) is 13.4. The number of allylic oxidation sites excluding steroid dienone is 4. The van der Waals surface area contributed by atoms with Crippen LogP contribution in [-0.2, 0) is 9.53 Å². The van der Waals surface area contributed by atoms with Gasteiger partial charge in [-0.25, -0.2) is 0 Å². The molecule has 1 heterocycles. The van der Waals surface area contributed by atoms with Gasteiger partial charge < -0.3 is 9.64 Å².